The lowest BCUT2D eigenvalue weighted by atomic mass is 9.63. The lowest BCUT2D eigenvalue weighted by Gasteiger charge is -2.54. The highest BCUT2D eigenvalue weighted by molar-refractivity contribution is 7.90. The average molecular weight is 575 g/mol. The molecule has 1 amide bonds. The van der Waals surface area contributed by atoms with E-state index >= 15 is 0 Å². The molecule has 1 saturated heterocycles. The Labute approximate surface area is 239 Å². The van der Waals surface area contributed by atoms with Crippen LogP contribution in [-0.4, -0.2) is 56.0 Å². The van der Waals surface area contributed by atoms with Crippen molar-refractivity contribution in [1.82, 2.24) is 9.62 Å². The number of sulfonamides is 1. The van der Waals surface area contributed by atoms with Gasteiger partial charge in [-0.15, -0.1) is 0 Å². The van der Waals surface area contributed by atoms with Crippen molar-refractivity contribution in [2.45, 2.75) is 122 Å². The third-order valence-electron chi connectivity index (χ3n) is 8.95. The van der Waals surface area contributed by atoms with E-state index in [0.717, 1.165) is 23.1 Å². The number of ether oxygens (including phenoxy) is 1. The number of guanidine groups is 1. The Balaban J connectivity index is 1.80. The van der Waals surface area contributed by atoms with Gasteiger partial charge in [0, 0.05) is 18.5 Å². The molecule has 0 aliphatic carbocycles. The number of benzene rings is 1. The Bertz CT molecular complexity index is 1360. The van der Waals surface area contributed by atoms with Crippen molar-refractivity contribution in [2.75, 3.05) is 13.1 Å². The van der Waals surface area contributed by atoms with Crippen molar-refractivity contribution in [3.8, 4) is 6.07 Å². The third-order valence-corrected chi connectivity index (χ3v) is 10.6. The maximum Gasteiger partial charge on any atom is 0.264 e. The van der Waals surface area contributed by atoms with E-state index in [1.54, 1.807) is 0 Å². The maximum atomic E-state index is 13.7. The van der Waals surface area contributed by atoms with Crippen LogP contribution in [0.15, 0.2) is 9.89 Å². The monoisotopic (exact) mass is 574 g/mol. The summed E-state index contributed by atoms with van der Waals surface area (Å²) in [7, 11) is -4.05. The topological polar surface area (TPSA) is 164 Å². The zero-order valence-corrected chi connectivity index (χ0v) is 26.3. The molecule has 2 aliphatic heterocycles. The maximum absolute atomic E-state index is 13.7. The minimum atomic E-state index is -4.05. The molecule has 0 spiro atoms. The zero-order valence-electron chi connectivity index (χ0n) is 25.4. The van der Waals surface area contributed by atoms with Crippen molar-refractivity contribution >= 4 is 21.9 Å². The van der Waals surface area contributed by atoms with Crippen LogP contribution in [0.25, 0.3) is 0 Å². The molecule has 0 aromatic heterocycles. The number of carbonyl (C=O) groups is 1. The average Bonchev–Trinajstić information content (AvgIpc) is 3.30. The number of nitrogens with zero attached hydrogens (tertiary/aromatic N) is 3. The SMILES string of the molecule is Cc1c(C)c(S(=O)(=O)NC(N)=NCCC[C@H](N)C(=O)N2CCCC2C#N)c(C)c2c1C(C)(C)OC(C)(C)C2(C)C. The lowest BCUT2D eigenvalue weighted by molar-refractivity contribution is -0.173. The number of rotatable bonds is 7. The van der Waals surface area contributed by atoms with Gasteiger partial charge in [0.15, 0.2) is 0 Å². The summed E-state index contributed by atoms with van der Waals surface area (Å²) in [6, 6.07) is 0.983. The molecule has 0 radical (unpaired) electrons. The van der Waals surface area contributed by atoms with Crippen molar-refractivity contribution in [1.29, 1.82) is 5.26 Å². The van der Waals surface area contributed by atoms with Gasteiger partial charge in [0.25, 0.3) is 10.0 Å². The molecule has 1 fully saturated rings. The van der Waals surface area contributed by atoms with Gasteiger partial charge in [-0.2, -0.15) is 5.26 Å². The lowest BCUT2D eigenvalue weighted by Crippen LogP contribution is -2.55. The Morgan fingerprint density at radius 2 is 1.77 bits per heavy atom. The molecule has 0 saturated carbocycles. The Hall–Kier alpha value is -2.68. The Kier molecular flexibility index (Phi) is 8.72. The van der Waals surface area contributed by atoms with E-state index in [-0.39, 0.29) is 23.3 Å². The van der Waals surface area contributed by atoms with Gasteiger partial charge in [-0.25, -0.2) is 13.1 Å². The molecule has 0 bridgehead atoms. The normalized spacial score (nSPS) is 22.4. The Morgan fingerprint density at radius 1 is 1.15 bits per heavy atom. The highest BCUT2D eigenvalue weighted by Gasteiger charge is 2.52. The molecule has 1 aromatic rings. The standard InChI is InChI=1S/C29H46N6O4S/c1-17-18(2)24(19(3)22-23(17)28(6,7)39-29(8,9)27(22,4)5)40(37,38)34-26(32)33-14-10-13-21(31)25(36)35-15-11-12-20(35)16-30/h20-21H,10-15,31H2,1-9H3,(H3,32,33,34)/t20?,21-/m0/s1. The van der Waals surface area contributed by atoms with Gasteiger partial charge in [-0.3, -0.25) is 9.79 Å². The van der Waals surface area contributed by atoms with Crippen molar-refractivity contribution in [2.24, 2.45) is 16.5 Å². The summed E-state index contributed by atoms with van der Waals surface area (Å²) in [5, 5.41) is 9.22. The predicted molar refractivity (Wildman–Crippen MR) is 156 cm³/mol. The van der Waals surface area contributed by atoms with Gasteiger partial charge in [-0.05, 0) is 102 Å². The highest BCUT2D eigenvalue weighted by atomic mass is 32.2. The van der Waals surface area contributed by atoms with Gasteiger partial charge >= 0.3 is 0 Å². The predicted octanol–water partition coefficient (Wildman–Crippen LogP) is 3.15. The van der Waals surface area contributed by atoms with Crippen molar-refractivity contribution in [3.63, 3.8) is 0 Å². The van der Waals surface area contributed by atoms with E-state index in [0.29, 0.717) is 36.9 Å². The number of hydrogen-bond acceptors (Lipinski definition) is 7. The van der Waals surface area contributed by atoms with E-state index in [4.69, 9.17) is 16.2 Å². The number of nitrogens with one attached hydrogen (secondary N) is 1. The fraction of sp³-hybridized carbons (Fsp3) is 0.690. The fourth-order valence-electron chi connectivity index (χ4n) is 6.41. The smallest absolute Gasteiger partial charge is 0.264 e. The van der Waals surface area contributed by atoms with Gasteiger partial charge in [0.05, 0.1) is 28.2 Å². The van der Waals surface area contributed by atoms with E-state index in [9.17, 15) is 18.5 Å². The van der Waals surface area contributed by atoms with Crippen LogP contribution in [0.1, 0.15) is 95.0 Å². The minimum absolute atomic E-state index is 0.199. The van der Waals surface area contributed by atoms with Crippen LogP contribution in [0.2, 0.25) is 0 Å². The van der Waals surface area contributed by atoms with Crippen LogP contribution in [0, 0.1) is 32.1 Å². The number of nitriles is 1. The van der Waals surface area contributed by atoms with Crippen LogP contribution in [0.4, 0.5) is 0 Å². The van der Waals surface area contributed by atoms with Crippen LogP contribution in [0.3, 0.4) is 0 Å². The first-order chi connectivity index (χ1) is 18.3. The molecule has 5 N–H and O–H groups in total. The summed E-state index contributed by atoms with van der Waals surface area (Å²) in [4.78, 5) is 18.5. The second-order valence-electron chi connectivity index (χ2n) is 12.6. The summed E-state index contributed by atoms with van der Waals surface area (Å²) < 4.78 is 36.4. The van der Waals surface area contributed by atoms with Crippen molar-refractivity contribution < 1.29 is 17.9 Å². The first-order valence-corrected chi connectivity index (χ1v) is 15.4. The highest BCUT2D eigenvalue weighted by Crippen LogP contribution is 2.53. The fourth-order valence-corrected chi connectivity index (χ4v) is 7.92. The molecule has 2 atom stereocenters. The van der Waals surface area contributed by atoms with E-state index < -0.39 is 38.7 Å². The van der Waals surface area contributed by atoms with Crippen LogP contribution in [-0.2, 0) is 30.6 Å². The van der Waals surface area contributed by atoms with Gasteiger partial charge < -0.3 is 21.1 Å². The first kappa shape index (κ1) is 31.8. The largest absolute Gasteiger partial charge is 0.369 e. The summed E-state index contributed by atoms with van der Waals surface area (Å²) in [6.45, 7) is 18.6. The zero-order chi connectivity index (χ0) is 30.4. The van der Waals surface area contributed by atoms with Crippen LogP contribution in [0.5, 0.6) is 0 Å². The van der Waals surface area contributed by atoms with Gasteiger partial charge in [-0.1, -0.05) is 13.8 Å². The molecule has 40 heavy (non-hydrogen) atoms. The molecule has 10 nitrogen and oxygen atoms in total. The number of likely N-dealkylation sites (tertiary alicyclic amines) is 1. The summed E-state index contributed by atoms with van der Waals surface area (Å²) in [5.41, 5.74) is 14.7. The molecular formula is C29H46N6O4S. The van der Waals surface area contributed by atoms with Crippen LogP contribution >= 0.6 is 0 Å². The number of nitrogens with two attached hydrogens (primary N) is 2. The summed E-state index contributed by atoms with van der Waals surface area (Å²) >= 11 is 0. The van der Waals surface area contributed by atoms with E-state index in [1.165, 1.54) is 4.90 Å². The number of amides is 1. The number of carbonyl (C=O) groups excluding carboxylic acids is 1. The van der Waals surface area contributed by atoms with Crippen molar-refractivity contribution in [3.05, 3.63) is 27.8 Å². The van der Waals surface area contributed by atoms with Gasteiger partial charge in [0.2, 0.25) is 11.9 Å². The molecule has 1 aromatic carbocycles. The molecule has 11 heteroatoms. The van der Waals surface area contributed by atoms with Crippen LogP contribution < -0.4 is 16.2 Å². The molecule has 222 valence electrons. The molecule has 3 rings (SSSR count). The second kappa shape index (κ2) is 11.0. The summed E-state index contributed by atoms with van der Waals surface area (Å²) in [6.07, 6.45) is 2.25. The molecule has 2 heterocycles. The summed E-state index contributed by atoms with van der Waals surface area (Å²) in [5.74, 6) is -0.462. The van der Waals surface area contributed by atoms with Gasteiger partial charge in [0.1, 0.15) is 6.04 Å². The Morgan fingerprint density at radius 3 is 2.38 bits per heavy atom. The molecular weight excluding hydrogens is 528 g/mol. The van der Waals surface area contributed by atoms with E-state index in [1.807, 2.05) is 48.5 Å². The first-order valence-electron chi connectivity index (χ1n) is 13.9. The quantitative estimate of drug-likeness (QED) is 0.256. The van der Waals surface area contributed by atoms with E-state index in [2.05, 4.69) is 29.6 Å². The number of fused-ring (bicyclic) bond motifs is 1. The molecule has 2 aliphatic rings. The number of hydrogen-bond donors (Lipinski definition) is 3. The second-order valence-corrected chi connectivity index (χ2v) is 14.3. The minimum Gasteiger partial charge on any atom is -0.369 e. The number of aliphatic imine (C=N–C) groups is 1. The third kappa shape index (κ3) is 5.58. The molecule has 1 unspecified atom stereocenters.